The highest BCUT2D eigenvalue weighted by molar-refractivity contribution is 7.26. The summed E-state index contributed by atoms with van der Waals surface area (Å²) in [5, 5.41) is 9.91. The van der Waals surface area contributed by atoms with Crippen molar-refractivity contribution in [1.29, 1.82) is 0 Å². The van der Waals surface area contributed by atoms with E-state index in [2.05, 4.69) is 247 Å². The Morgan fingerprint density at radius 1 is 0.309 bits per heavy atom. The van der Waals surface area contributed by atoms with Crippen LogP contribution in [0.3, 0.4) is 0 Å². The fourth-order valence-electron chi connectivity index (χ4n) is 10.5. The lowest BCUT2D eigenvalue weighted by Crippen LogP contribution is -1.93. The second kappa shape index (κ2) is 15.5. The normalized spacial score (nSPS) is 11.8. The molecule has 0 aliphatic heterocycles. The molecular formula is C65H40N2S. The van der Waals surface area contributed by atoms with Crippen LogP contribution in [0.15, 0.2) is 243 Å². The monoisotopic (exact) mass is 880 g/mol. The van der Waals surface area contributed by atoms with Gasteiger partial charge in [-0.1, -0.05) is 194 Å². The predicted molar refractivity (Wildman–Crippen MR) is 291 cm³/mol. The maximum Gasteiger partial charge on any atom is 0.156 e. The van der Waals surface area contributed by atoms with Crippen LogP contribution in [-0.4, -0.2) is 9.38 Å². The number of rotatable bonds is 6. The van der Waals surface area contributed by atoms with Crippen molar-refractivity contribution in [2.75, 3.05) is 0 Å². The van der Waals surface area contributed by atoms with E-state index in [1.54, 1.807) is 0 Å². The summed E-state index contributed by atoms with van der Waals surface area (Å²) in [5.74, 6) is 0. The summed E-state index contributed by atoms with van der Waals surface area (Å²) < 4.78 is 4.89. The molecule has 0 aliphatic rings. The molecule has 0 unspecified atom stereocenters. The van der Waals surface area contributed by atoms with Crippen LogP contribution in [0.5, 0.6) is 0 Å². The maximum absolute atomic E-state index is 5.40. The van der Waals surface area contributed by atoms with Gasteiger partial charge in [-0.05, 0) is 142 Å². The quantitative estimate of drug-likeness (QED) is 0.163. The van der Waals surface area contributed by atoms with Gasteiger partial charge in [0, 0.05) is 15.5 Å². The van der Waals surface area contributed by atoms with Gasteiger partial charge in [-0.2, -0.15) is 0 Å². The largest absolute Gasteiger partial charge is 0.291 e. The van der Waals surface area contributed by atoms with E-state index in [4.69, 9.17) is 4.98 Å². The Balaban J connectivity index is 0.859. The van der Waals surface area contributed by atoms with Gasteiger partial charge in [0.05, 0.1) is 21.4 Å². The van der Waals surface area contributed by atoms with Crippen molar-refractivity contribution in [3.8, 4) is 66.9 Å². The van der Waals surface area contributed by atoms with Crippen molar-refractivity contribution >= 4 is 80.5 Å². The molecule has 2 nitrogen and oxygen atoms in total. The Hall–Kier alpha value is -8.63. The zero-order valence-electron chi connectivity index (χ0n) is 36.9. The average Bonchev–Trinajstić information content (AvgIpc) is 3.97. The van der Waals surface area contributed by atoms with Gasteiger partial charge in [-0.3, -0.25) is 4.40 Å². The molecule has 0 amide bonds. The van der Waals surface area contributed by atoms with Crippen LogP contribution >= 0.6 is 11.3 Å². The highest BCUT2D eigenvalue weighted by Gasteiger charge is 2.20. The highest BCUT2D eigenvalue weighted by atomic mass is 32.1. The standard InChI is InChI=1S/C65H40N2S/c1-3-13-41(14-4-1)51-33-52(42-15-5-2-6-16-42)35-53(34-51)43-23-25-44(26-24-43)54-31-32-55(57-22-12-11-21-56(54)57)45-27-29-46(30-28-45)61-40-59-58-36-47-17-7-10-20-50(47)39-63(58)68-64(59)65-66-60-37-48-18-8-9-19-49(48)38-62(60)67(61)65/h1-40H. The molecule has 316 valence electrons. The van der Waals surface area contributed by atoms with Gasteiger partial charge in [-0.15, -0.1) is 11.3 Å². The van der Waals surface area contributed by atoms with Crippen molar-refractivity contribution < 1.29 is 0 Å². The van der Waals surface area contributed by atoms with Crippen molar-refractivity contribution in [2.24, 2.45) is 0 Å². The molecule has 14 aromatic rings. The Morgan fingerprint density at radius 2 is 0.765 bits per heavy atom. The number of hydrogen-bond donors (Lipinski definition) is 0. The number of aromatic nitrogens is 2. The van der Waals surface area contributed by atoms with Crippen molar-refractivity contribution in [3.63, 3.8) is 0 Å². The fourth-order valence-corrected chi connectivity index (χ4v) is 11.7. The van der Waals surface area contributed by atoms with E-state index in [9.17, 15) is 0 Å². The SMILES string of the molecule is c1ccc(-c2cc(-c3ccccc3)cc(-c3ccc(-c4ccc(-c5ccc(-c6cc7c8cc9ccccc9cc8sc7c7nc8cc9ccccc9cc8n67)cc5)c5ccccc45)cc3)c2)cc1. The molecule has 3 aromatic heterocycles. The van der Waals surface area contributed by atoms with Gasteiger partial charge in [0.2, 0.25) is 0 Å². The molecule has 68 heavy (non-hydrogen) atoms. The number of imidazole rings is 1. The van der Waals surface area contributed by atoms with Gasteiger partial charge in [0.25, 0.3) is 0 Å². The molecule has 0 spiro atoms. The lowest BCUT2D eigenvalue weighted by Gasteiger charge is -2.14. The van der Waals surface area contributed by atoms with E-state index < -0.39 is 0 Å². The number of thiophene rings is 1. The summed E-state index contributed by atoms with van der Waals surface area (Å²) in [7, 11) is 0. The second-order valence-corrected chi connectivity index (χ2v) is 19.0. The van der Waals surface area contributed by atoms with Crippen molar-refractivity contribution in [2.45, 2.75) is 0 Å². The minimum Gasteiger partial charge on any atom is -0.291 e. The van der Waals surface area contributed by atoms with Crippen LogP contribution in [0.4, 0.5) is 0 Å². The van der Waals surface area contributed by atoms with Gasteiger partial charge in [0.15, 0.2) is 5.65 Å². The third-order valence-corrected chi connectivity index (χ3v) is 15.1. The van der Waals surface area contributed by atoms with Crippen LogP contribution in [0.1, 0.15) is 0 Å². The van der Waals surface area contributed by atoms with Crippen LogP contribution in [0.2, 0.25) is 0 Å². The maximum atomic E-state index is 5.40. The Bertz CT molecular complexity index is 4220. The predicted octanol–water partition coefficient (Wildman–Crippen LogP) is 18.3. The van der Waals surface area contributed by atoms with Crippen LogP contribution in [0.25, 0.3) is 136 Å². The minimum atomic E-state index is 1.00. The molecule has 0 radical (unpaired) electrons. The van der Waals surface area contributed by atoms with Crippen LogP contribution in [0, 0.1) is 0 Å². The first-order valence-corrected chi connectivity index (χ1v) is 24.1. The number of benzene rings is 11. The molecule has 0 aliphatic carbocycles. The molecule has 0 fully saturated rings. The number of fused-ring (bicyclic) bond motifs is 10. The van der Waals surface area contributed by atoms with E-state index in [0.29, 0.717) is 0 Å². The molecular weight excluding hydrogens is 841 g/mol. The molecule has 0 saturated heterocycles. The van der Waals surface area contributed by atoms with Crippen LogP contribution < -0.4 is 0 Å². The molecule has 0 bridgehead atoms. The first-order chi connectivity index (χ1) is 33.7. The smallest absolute Gasteiger partial charge is 0.156 e. The molecule has 11 aromatic carbocycles. The third kappa shape index (κ3) is 6.35. The highest BCUT2D eigenvalue weighted by Crippen LogP contribution is 2.44. The molecule has 3 heterocycles. The summed E-state index contributed by atoms with van der Waals surface area (Å²) in [6.07, 6.45) is 0. The van der Waals surface area contributed by atoms with Gasteiger partial charge in [0.1, 0.15) is 0 Å². The Labute approximate surface area is 397 Å². The first-order valence-electron chi connectivity index (χ1n) is 23.3. The second-order valence-electron chi connectivity index (χ2n) is 17.9. The molecule has 0 N–H and O–H groups in total. The van der Waals surface area contributed by atoms with E-state index in [0.717, 1.165) is 27.9 Å². The van der Waals surface area contributed by atoms with E-state index >= 15 is 0 Å². The van der Waals surface area contributed by atoms with E-state index in [1.165, 1.54) is 108 Å². The van der Waals surface area contributed by atoms with Crippen molar-refractivity contribution in [3.05, 3.63) is 243 Å². The Kier molecular flexibility index (Phi) is 8.80. The van der Waals surface area contributed by atoms with Gasteiger partial charge < -0.3 is 0 Å². The molecule has 3 heteroatoms. The fraction of sp³-hybridized carbons (Fsp3) is 0. The number of hydrogen-bond acceptors (Lipinski definition) is 2. The van der Waals surface area contributed by atoms with Crippen molar-refractivity contribution in [1.82, 2.24) is 9.38 Å². The average molecular weight is 881 g/mol. The van der Waals surface area contributed by atoms with E-state index in [-0.39, 0.29) is 0 Å². The molecule has 0 saturated carbocycles. The zero-order valence-corrected chi connectivity index (χ0v) is 37.7. The zero-order chi connectivity index (χ0) is 44.7. The number of pyridine rings is 1. The summed E-state index contributed by atoms with van der Waals surface area (Å²) in [6.45, 7) is 0. The lowest BCUT2D eigenvalue weighted by atomic mass is 9.90. The summed E-state index contributed by atoms with van der Waals surface area (Å²) in [5.41, 5.74) is 17.5. The summed E-state index contributed by atoms with van der Waals surface area (Å²) >= 11 is 1.85. The minimum absolute atomic E-state index is 1.00. The summed E-state index contributed by atoms with van der Waals surface area (Å²) in [4.78, 5) is 5.40. The molecule has 0 atom stereocenters. The van der Waals surface area contributed by atoms with Crippen LogP contribution in [-0.2, 0) is 0 Å². The summed E-state index contributed by atoms with van der Waals surface area (Å²) in [6, 6.07) is 89.0. The van der Waals surface area contributed by atoms with Gasteiger partial charge >= 0.3 is 0 Å². The topological polar surface area (TPSA) is 17.3 Å². The first kappa shape index (κ1) is 38.6. The number of nitrogens with zero attached hydrogens (tertiary/aromatic N) is 2. The van der Waals surface area contributed by atoms with E-state index in [1.807, 2.05) is 11.3 Å². The van der Waals surface area contributed by atoms with Gasteiger partial charge in [-0.25, -0.2) is 4.98 Å². The third-order valence-electron chi connectivity index (χ3n) is 13.9. The Morgan fingerprint density at radius 3 is 1.34 bits per heavy atom. The lowest BCUT2D eigenvalue weighted by molar-refractivity contribution is 1.25. The molecule has 14 rings (SSSR count).